The summed E-state index contributed by atoms with van der Waals surface area (Å²) in [5.74, 6) is -0.775. The van der Waals surface area contributed by atoms with Crippen LogP contribution >= 0.6 is 0 Å². The van der Waals surface area contributed by atoms with E-state index in [4.69, 9.17) is 9.47 Å². The predicted molar refractivity (Wildman–Crippen MR) is 136 cm³/mol. The van der Waals surface area contributed by atoms with Crippen molar-refractivity contribution in [3.63, 3.8) is 0 Å². The van der Waals surface area contributed by atoms with Gasteiger partial charge in [-0.25, -0.2) is 4.79 Å². The molecule has 1 heterocycles. The quantitative estimate of drug-likeness (QED) is 0.343. The van der Waals surface area contributed by atoms with E-state index in [2.05, 4.69) is 10.3 Å². The molecule has 1 fully saturated rings. The Bertz CT molecular complexity index is 1460. The van der Waals surface area contributed by atoms with Crippen molar-refractivity contribution < 1.29 is 23.9 Å². The standard InChI is InChI=1S/C29H26N2O5/c1-17(32)36-16-18-7-6-10-20(11-18)26-15-23-25(29(34)35-2)12-21(13-27(23)31-26)30-28(33)24-14-22(24)19-8-4-3-5-9-19/h3-13,15,22,24,31H,14,16H2,1-2H3,(H,30,33). The molecule has 2 atom stereocenters. The number of aromatic nitrogens is 1. The Kier molecular flexibility index (Phi) is 6.29. The van der Waals surface area contributed by atoms with Crippen LogP contribution in [0.5, 0.6) is 0 Å². The second kappa shape index (κ2) is 9.70. The first kappa shape index (κ1) is 23.4. The number of H-pyrrole nitrogens is 1. The summed E-state index contributed by atoms with van der Waals surface area (Å²) in [4.78, 5) is 40.1. The molecule has 1 saturated carbocycles. The van der Waals surface area contributed by atoms with Crippen LogP contribution in [0.1, 0.15) is 40.7 Å². The van der Waals surface area contributed by atoms with E-state index in [9.17, 15) is 14.4 Å². The SMILES string of the molecule is COC(=O)c1cc(NC(=O)C2CC2c2ccccc2)cc2[nH]c(-c3cccc(COC(C)=O)c3)cc12. The van der Waals surface area contributed by atoms with Gasteiger partial charge >= 0.3 is 11.9 Å². The number of esters is 2. The summed E-state index contributed by atoms with van der Waals surface area (Å²) in [7, 11) is 1.33. The number of aromatic amines is 1. The highest BCUT2D eigenvalue weighted by Crippen LogP contribution is 2.48. The van der Waals surface area contributed by atoms with Gasteiger partial charge in [-0.1, -0.05) is 48.5 Å². The highest BCUT2D eigenvalue weighted by atomic mass is 16.5. The fourth-order valence-electron chi connectivity index (χ4n) is 4.55. The van der Waals surface area contributed by atoms with Crippen LogP contribution in [-0.4, -0.2) is 29.9 Å². The third kappa shape index (κ3) is 4.86. The Balaban J connectivity index is 1.42. The first-order valence-corrected chi connectivity index (χ1v) is 11.8. The lowest BCUT2D eigenvalue weighted by atomic mass is 10.1. The molecule has 7 nitrogen and oxygen atoms in total. The monoisotopic (exact) mass is 482 g/mol. The highest BCUT2D eigenvalue weighted by molar-refractivity contribution is 6.08. The summed E-state index contributed by atoms with van der Waals surface area (Å²) >= 11 is 0. The summed E-state index contributed by atoms with van der Waals surface area (Å²) in [6.45, 7) is 1.55. The first-order chi connectivity index (χ1) is 17.4. The Morgan fingerprint density at radius 1 is 1.00 bits per heavy atom. The first-order valence-electron chi connectivity index (χ1n) is 11.8. The van der Waals surface area contributed by atoms with Crippen molar-refractivity contribution in [3.05, 3.63) is 89.5 Å². The van der Waals surface area contributed by atoms with Gasteiger partial charge in [-0.15, -0.1) is 0 Å². The molecule has 1 aliphatic rings. The number of rotatable bonds is 7. The van der Waals surface area contributed by atoms with Gasteiger partial charge in [0.1, 0.15) is 6.61 Å². The van der Waals surface area contributed by atoms with Crippen LogP contribution in [0, 0.1) is 5.92 Å². The van der Waals surface area contributed by atoms with Crippen LogP contribution < -0.4 is 5.32 Å². The topological polar surface area (TPSA) is 97.5 Å². The zero-order valence-corrected chi connectivity index (χ0v) is 20.0. The largest absolute Gasteiger partial charge is 0.465 e. The minimum Gasteiger partial charge on any atom is -0.465 e. The summed E-state index contributed by atoms with van der Waals surface area (Å²) in [5.41, 5.74) is 5.26. The Hall–Kier alpha value is -4.39. The Labute approximate surface area is 208 Å². The maximum atomic E-state index is 12.9. The van der Waals surface area contributed by atoms with Crippen LogP contribution in [0.4, 0.5) is 5.69 Å². The summed E-state index contributed by atoms with van der Waals surface area (Å²) in [6.07, 6.45) is 0.804. The molecule has 7 heteroatoms. The molecule has 2 unspecified atom stereocenters. The number of methoxy groups -OCH3 is 1. The minimum atomic E-state index is -0.487. The van der Waals surface area contributed by atoms with Crippen molar-refractivity contribution in [1.82, 2.24) is 4.98 Å². The molecule has 1 aliphatic carbocycles. The van der Waals surface area contributed by atoms with Gasteiger partial charge < -0.3 is 19.8 Å². The van der Waals surface area contributed by atoms with Crippen molar-refractivity contribution >= 4 is 34.4 Å². The maximum Gasteiger partial charge on any atom is 0.338 e. The molecular formula is C29H26N2O5. The predicted octanol–water partition coefficient (Wildman–Crippen LogP) is 5.43. The number of anilines is 1. The number of fused-ring (bicyclic) bond motifs is 1. The molecule has 0 spiro atoms. The molecule has 1 amide bonds. The molecular weight excluding hydrogens is 456 g/mol. The van der Waals surface area contributed by atoms with E-state index in [0.717, 1.165) is 28.8 Å². The highest BCUT2D eigenvalue weighted by Gasteiger charge is 2.43. The summed E-state index contributed by atoms with van der Waals surface area (Å²) < 4.78 is 10.1. The molecule has 2 N–H and O–H groups in total. The third-order valence-corrected chi connectivity index (χ3v) is 6.45. The van der Waals surface area contributed by atoms with Gasteiger partial charge in [-0.2, -0.15) is 0 Å². The molecule has 4 aromatic rings. The third-order valence-electron chi connectivity index (χ3n) is 6.45. The second-order valence-electron chi connectivity index (χ2n) is 8.99. The normalized spacial score (nSPS) is 16.4. The Morgan fingerprint density at radius 2 is 1.81 bits per heavy atom. The van der Waals surface area contributed by atoms with E-state index in [1.54, 1.807) is 6.07 Å². The average Bonchev–Trinajstić information content (AvgIpc) is 3.59. The van der Waals surface area contributed by atoms with Crippen molar-refractivity contribution in [3.8, 4) is 11.3 Å². The number of hydrogen-bond donors (Lipinski definition) is 2. The van der Waals surface area contributed by atoms with Gasteiger partial charge in [-0.3, -0.25) is 9.59 Å². The zero-order chi connectivity index (χ0) is 25.2. The van der Waals surface area contributed by atoms with E-state index in [1.165, 1.54) is 14.0 Å². The number of amides is 1. The van der Waals surface area contributed by atoms with Crippen LogP contribution in [0.15, 0.2) is 72.8 Å². The van der Waals surface area contributed by atoms with Gasteiger partial charge in [0.05, 0.1) is 12.7 Å². The molecule has 1 aromatic heterocycles. The summed E-state index contributed by atoms with van der Waals surface area (Å²) in [5, 5.41) is 3.67. The van der Waals surface area contributed by atoms with E-state index in [1.807, 2.05) is 66.7 Å². The van der Waals surface area contributed by atoms with Gasteiger partial charge in [0.25, 0.3) is 0 Å². The lowest BCUT2D eigenvalue weighted by Crippen LogP contribution is -2.15. The van der Waals surface area contributed by atoms with Crippen LogP contribution in [0.25, 0.3) is 22.2 Å². The minimum absolute atomic E-state index is 0.0658. The molecule has 5 rings (SSSR count). The van der Waals surface area contributed by atoms with Crippen molar-refractivity contribution in [2.75, 3.05) is 12.4 Å². The number of hydrogen-bond acceptors (Lipinski definition) is 5. The van der Waals surface area contributed by atoms with Crippen molar-refractivity contribution in [1.29, 1.82) is 0 Å². The lowest BCUT2D eigenvalue weighted by molar-refractivity contribution is -0.142. The Morgan fingerprint density at radius 3 is 2.56 bits per heavy atom. The van der Waals surface area contributed by atoms with E-state index in [0.29, 0.717) is 22.2 Å². The van der Waals surface area contributed by atoms with Gasteiger partial charge in [0.2, 0.25) is 5.91 Å². The van der Waals surface area contributed by atoms with Crippen LogP contribution in [0.3, 0.4) is 0 Å². The molecule has 0 bridgehead atoms. The van der Waals surface area contributed by atoms with Gasteiger partial charge in [0.15, 0.2) is 0 Å². The number of carbonyl (C=O) groups is 3. The number of ether oxygens (including phenoxy) is 2. The van der Waals surface area contributed by atoms with E-state index in [-0.39, 0.29) is 30.3 Å². The van der Waals surface area contributed by atoms with Crippen LogP contribution in [-0.2, 0) is 25.7 Å². The average molecular weight is 483 g/mol. The number of benzene rings is 3. The molecule has 0 aliphatic heterocycles. The smallest absolute Gasteiger partial charge is 0.338 e. The van der Waals surface area contributed by atoms with Gasteiger partial charge in [0, 0.05) is 35.1 Å². The zero-order valence-electron chi connectivity index (χ0n) is 20.0. The molecule has 182 valence electrons. The molecule has 0 radical (unpaired) electrons. The van der Waals surface area contributed by atoms with Crippen molar-refractivity contribution in [2.24, 2.45) is 5.92 Å². The fraction of sp³-hybridized carbons (Fsp3) is 0.207. The number of nitrogens with one attached hydrogen (secondary N) is 2. The fourth-order valence-corrected chi connectivity index (χ4v) is 4.55. The van der Waals surface area contributed by atoms with Crippen LogP contribution in [0.2, 0.25) is 0 Å². The van der Waals surface area contributed by atoms with Gasteiger partial charge in [-0.05, 0) is 53.3 Å². The van der Waals surface area contributed by atoms with E-state index < -0.39 is 5.97 Å². The van der Waals surface area contributed by atoms with E-state index >= 15 is 0 Å². The molecule has 36 heavy (non-hydrogen) atoms. The maximum absolute atomic E-state index is 12.9. The van der Waals surface area contributed by atoms with Crippen molar-refractivity contribution in [2.45, 2.75) is 25.9 Å². The number of carbonyl (C=O) groups excluding carboxylic acids is 3. The second-order valence-corrected chi connectivity index (χ2v) is 8.99. The summed E-state index contributed by atoms with van der Waals surface area (Å²) in [6, 6.07) is 23.0. The molecule has 0 saturated heterocycles. The molecule has 3 aromatic carbocycles. The lowest BCUT2D eigenvalue weighted by Gasteiger charge is -2.08.